The van der Waals surface area contributed by atoms with Gasteiger partial charge in [-0.25, -0.2) is 9.97 Å². The van der Waals surface area contributed by atoms with Gasteiger partial charge in [0.2, 0.25) is 0 Å². The van der Waals surface area contributed by atoms with Gasteiger partial charge in [-0.05, 0) is 66.5 Å². The number of aromatic amines is 1. The Morgan fingerprint density at radius 3 is 2.75 bits per heavy atom. The SMILES string of the molecule is Clc1nccc2cc(-c3nc4ccc5[nH]ncc5c4c4c3CCCC4)ccc12. The molecule has 2 aromatic carbocycles. The molecule has 28 heavy (non-hydrogen) atoms. The molecule has 5 heteroatoms. The number of hydrogen-bond donors (Lipinski definition) is 1. The molecule has 1 aliphatic rings. The van der Waals surface area contributed by atoms with Crippen molar-refractivity contribution in [2.45, 2.75) is 25.7 Å². The molecule has 6 rings (SSSR count). The van der Waals surface area contributed by atoms with E-state index in [1.807, 2.05) is 12.3 Å². The third kappa shape index (κ3) is 2.28. The molecule has 4 nitrogen and oxygen atoms in total. The number of nitrogens with one attached hydrogen (secondary N) is 1. The molecule has 0 amide bonds. The average molecular weight is 385 g/mol. The Bertz CT molecular complexity index is 1390. The highest BCUT2D eigenvalue weighted by atomic mass is 35.5. The van der Waals surface area contributed by atoms with Gasteiger partial charge in [0.05, 0.1) is 22.9 Å². The van der Waals surface area contributed by atoms with Crippen LogP contribution in [0.3, 0.4) is 0 Å². The van der Waals surface area contributed by atoms with E-state index < -0.39 is 0 Å². The predicted octanol–water partition coefficient (Wildman–Crippen LogP) is 5.86. The molecule has 3 aromatic heterocycles. The normalized spacial score (nSPS) is 14.0. The van der Waals surface area contributed by atoms with Gasteiger partial charge in [0.15, 0.2) is 0 Å². The number of aryl methyl sites for hydroxylation is 1. The van der Waals surface area contributed by atoms with Gasteiger partial charge in [0, 0.05) is 27.9 Å². The Labute approximate surface area is 166 Å². The minimum Gasteiger partial charge on any atom is -0.278 e. The van der Waals surface area contributed by atoms with E-state index in [0.717, 1.165) is 45.9 Å². The summed E-state index contributed by atoms with van der Waals surface area (Å²) >= 11 is 6.26. The standard InChI is InChI=1S/C23H17ClN4/c24-23-15-6-5-14(11-13(15)9-10-25-23)22-17-4-2-1-3-16(17)21-18-12-26-28-19(18)7-8-20(21)27-22/h5-12H,1-4H2,(H,26,28). The quantitative estimate of drug-likeness (QED) is 0.368. The lowest BCUT2D eigenvalue weighted by Gasteiger charge is -2.22. The summed E-state index contributed by atoms with van der Waals surface area (Å²) in [5.74, 6) is 0. The maximum Gasteiger partial charge on any atom is 0.136 e. The molecule has 0 aliphatic heterocycles. The van der Waals surface area contributed by atoms with Gasteiger partial charge >= 0.3 is 0 Å². The summed E-state index contributed by atoms with van der Waals surface area (Å²) < 4.78 is 0. The Kier molecular flexibility index (Phi) is 3.44. The molecule has 0 spiro atoms. The van der Waals surface area contributed by atoms with Crippen LogP contribution in [0.2, 0.25) is 5.15 Å². The van der Waals surface area contributed by atoms with Crippen LogP contribution >= 0.6 is 11.6 Å². The van der Waals surface area contributed by atoms with Crippen LogP contribution in [0.15, 0.2) is 48.8 Å². The van der Waals surface area contributed by atoms with E-state index in [0.29, 0.717) is 5.15 Å². The van der Waals surface area contributed by atoms with Crippen molar-refractivity contribution in [2.75, 3.05) is 0 Å². The number of H-pyrrole nitrogens is 1. The van der Waals surface area contributed by atoms with Gasteiger partial charge in [-0.1, -0.05) is 23.7 Å². The van der Waals surface area contributed by atoms with E-state index in [4.69, 9.17) is 16.6 Å². The second kappa shape index (κ2) is 6.01. The van der Waals surface area contributed by atoms with Crippen molar-refractivity contribution in [3.63, 3.8) is 0 Å². The molecule has 5 aromatic rings. The van der Waals surface area contributed by atoms with Gasteiger partial charge < -0.3 is 0 Å². The Morgan fingerprint density at radius 1 is 0.929 bits per heavy atom. The lowest BCUT2D eigenvalue weighted by atomic mass is 9.85. The van der Waals surface area contributed by atoms with E-state index >= 15 is 0 Å². The Hall–Kier alpha value is -2.98. The number of fused-ring (bicyclic) bond motifs is 6. The van der Waals surface area contributed by atoms with E-state index in [9.17, 15) is 0 Å². The molecule has 0 atom stereocenters. The largest absolute Gasteiger partial charge is 0.278 e. The summed E-state index contributed by atoms with van der Waals surface area (Å²) in [4.78, 5) is 9.31. The molecule has 3 heterocycles. The van der Waals surface area contributed by atoms with Crippen molar-refractivity contribution >= 4 is 44.2 Å². The maximum atomic E-state index is 6.26. The molecule has 0 fully saturated rings. The molecular weight excluding hydrogens is 368 g/mol. The van der Waals surface area contributed by atoms with Crippen LogP contribution in [0, 0.1) is 0 Å². The predicted molar refractivity (Wildman–Crippen MR) is 114 cm³/mol. The molecule has 0 saturated heterocycles. The van der Waals surface area contributed by atoms with Crippen LogP contribution in [-0.4, -0.2) is 20.2 Å². The summed E-state index contributed by atoms with van der Waals surface area (Å²) in [6.45, 7) is 0. The molecule has 0 unspecified atom stereocenters. The van der Waals surface area contributed by atoms with Crippen molar-refractivity contribution in [1.82, 2.24) is 20.2 Å². The third-order valence-electron chi connectivity index (χ3n) is 5.88. The highest BCUT2D eigenvalue weighted by Gasteiger charge is 2.21. The zero-order chi connectivity index (χ0) is 18.7. The number of nitrogens with zero attached hydrogens (tertiary/aromatic N) is 3. The van der Waals surface area contributed by atoms with Gasteiger partial charge in [-0.15, -0.1) is 0 Å². The first-order chi connectivity index (χ1) is 13.8. The third-order valence-corrected chi connectivity index (χ3v) is 6.18. The van der Waals surface area contributed by atoms with Crippen molar-refractivity contribution in [1.29, 1.82) is 0 Å². The van der Waals surface area contributed by atoms with Crippen molar-refractivity contribution in [3.05, 3.63) is 65.1 Å². The first-order valence-electron chi connectivity index (χ1n) is 9.62. The molecule has 136 valence electrons. The van der Waals surface area contributed by atoms with Crippen LogP contribution in [0.25, 0.3) is 43.8 Å². The molecule has 0 radical (unpaired) electrons. The summed E-state index contributed by atoms with van der Waals surface area (Å²) in [6, 6.07) is 12.5. The molecular formula is C23H17ClN4. The number of rotatable bonds is 1. The zero-order valence-corrected chi connectivity index (χ0v) is 15.9. The van der Waals surface area contributed by atoms with Crippen molar-refractivity contribution < 1.29 is 0 Å². The van der Waals surface area contributed by atoms with E-state index in [1.54, 1.807) is 6.20 Å². The second-order valence-corrected chi connectivity index (χ2v) is 7.81. The van der Waals surface area contributed by atoms with E-state index in [1.165, 1.54) is 34.7 Å². The van der Waals surface area contributed by atoms with Crippen LogP contribution in [0.4, 0.5) is 0 Å². The minimum atomic E-state index is 0.542. The average Bonchev–Trinajstić information content (AvgIpc) is 3.22. The monoisotopic (exact) mass is 384 g/mol. The fourth-order valence-electron chi connectivity index (χ4n) is 4.57. The van der Waals surface area contributed by atoms with Crippen molar-refractivity contribution in [3.8, 4) is 11.3 Å². The Balaban J connectivity index is 1.68. The topological polar surface area (TPSA) is 54.5 Å². The minimum absolute atomic E-state index is 0.542. The number of hydrogen-bond acceptors (Lipinski definition) is 3. The first kappa shape index (κ1) is 16.0. The number of halogens is 1. The first-order valence-corrected chi connectivity index (χ1v) is 9.99. The maximum absolute atomic E-state index is 6.26. The zero-order valence-electron chi connectivity index (χ0n) is 15.2. The number of aromatic nitrogens is 4. The fraction of sp³-hybridized carbons (Fsp3) is 0.174. The molecule has 1 N–H and O–H groups in total. The smallest absolute Gasteiger partial charge is 0.136 e. The van der Waals surface area contributed by atoms with Crippen LogP contribution < -0.4 is 0 Å². The van der Waals surface area contributed by atoms with Gasteiger partial charge in [0.25, 0.3) is 0 Å². The molecule has 0 saturated carbocycles. The van der Waals surface area contributed by atoms with E-state index in [-0.39, 0.29) is 0 Å². The summed E-state index contributed by atoms with van der Waals surface area (Å²) in [6.07, 6.45) is 8.27. The van der Waals surface area contributed by atoms with E-state index in [2.05, 4.69) is 45.5 Å². The summed E-state index contributed by atoms with van der Waals surface area (Å²) in [5.41, 5.74) is 7.17. The summed E-state index contributed by atoms with van der Waals surface area (Å²) in [5, 5.41) is 12.4. The van der Waals surface area contributed by atoms with Gasteiger partial charge in [-0.3, -0.25) is 5.10 Å². The van der Waals surface area contributed by atoms with Crippen LogP contribution in [0.5, 0.6) is 0 Å². The Morgan fingerprint density at radius 2 is 1.82 bits per heavy atom. The lowest BCUT2D eigenvalue weighted by molar-refractivity contribution is 0.689. The van der Waals surface area contributed by atoms with Crippen molar-refractivity contribution in [2.24, 2.45) is 0 Å². The van der Waals surface area contributed by atoms with Crippen LogP contribution in [-0.2, 0) is 12.8 Å². The number of pyridine rings is 2. The molecule has 1 aliphatic carbocycles. The van der Waals surface area contributed by atoms with Crippen LogP contribution in [0.1, 0.15) is 24.0 Å². The van der Waals surface area contributed by atoms with Gasteiger partial charge in [0.1, 0.15) is 5.15 Å². The highest BCUT2D eigenvalue weighted by Crippen LogP contribution is 2.38. The number of benzene rings is 2. The van der Waals surface area contributed by atoms with Gasteiger partial charge in [-0.2, -0.15) is 5.10 Å². The second-order valence-electron chi connectivity index (χ2n) is 7.45. The summed E-state index contributed by atoms with van der Waals surface area (Å²) in [7, 11) is 0. The molecule has 0 bridgehead atoms. The highest BCUT2D eigenvalue weighted by molar-refractivity contribution is 6.34. The lowest BCUT2D eigenvalue weighted by Crippen LogP contribution is -2.07. The fourth-order valence-corrected chi connectivity index (χ4v) is 4.80.